The van der Waals surface area contributed by atoms with Crippen molar-refractivity contribution in [3.8, 4) is 0 Å². The second kappa shape index (κ2) is 6.87. The molecule has 2 N–H and O–H groups in total. The van der Waals surface area contributed by atoms with Crippen LogP contribution in [-0.2, 0) is 0 Å². The summed E-state index contributed by atoms with van der Waals surface area (Å²) in [6.45, 7) is 3.13. The molecule has 94 valence electrons. The summed E-state index contributed by atoms with van der Waals surface area (Å²) in [5, 5.41) is 0. The Morgan fingerprint density at radius 1 is 1.47 bits per heavy atom. The fourth-order valence-electron chi connectivity index (χ4n) is 1.92. The molecule has 1 aromatic carbocycles. The Hall–Kier alpha value is -0.740. The van der Waals surface area contributed by atoms with Crippen LogP contribution in [0, 0.1) is 6.92 Å². The second-order valence-electron chi connectivity index (χ2n) is 4.10. The third-order valence-electron chi connectivity index (χ3n) is 2.73. The number of anilines is 1. The van der Waals surface area contributed by atoms with E-state index in [-0.39, 0.29) is 0 Å². The van der Waals surface area contributed by atoms with Gasteiger partial charge in [-0.05, 0) is 37.0 Å². The van der Waals surface area contributed by atoms with Crippen molar-refractivity contribution < 1.29 is 0 Å². The molecule has 0 unspecified atom stereocenters. The SMILES string of the molecule is CSCCCN(C)c1c(C)cccc1C(N)=S. The molecule has 17 heavy (non-hydrogen) atoms. The van der Waals surface area contributed by atoms with Gasteiger partial charge in [-0.25, -0.2) is 0 Å². The fraction of sp³-hybridized carbons (Fsp3) is 0.462. The van der Waals surface area contributed by atoms with Gasteiger partial charge in [0.05, 0.1) is 0 Å². The van der Waals surface area contributed by atoms with E-state index in [9.17, 15) is 0 Å². The van der Waals surface area contributed by atoms with Gasteiger partial charge in [0.1, 0.15) is 4.99 Å². The maximum absolute atomic E-state index is 5.78. The van der Waals surface area contributed by atoms with Gasteiger partial charge in [0, 0.05) is 24.8 Å². The van der Waals surface area contributed by atoms with Crippen molar-refractivity contribution in [1.29, 1.82) is 0 Å². The van der Waals surface area contributed by atoms with E-state index in [1.165, 1.54) is 23.4 Å². The van der Waals surface area contributed by atoms with Crippen molar-refractivity contribution in [3.05, 3.63) is 29.3 Å². The molecule has 0 heterocycles. The number of rotatable bonds is 6. The topological polar surface area (TPSA) is 29.3 Å². The number of hydrogen-bond donors (Lipinski definition) is 1. The van der Waals surface area contributed by atoms with Crippen LogP contribution in [0.1, 0.15) is 17.5 Å². The summed E-state index contributed by atoms with van der Waals surface area (Å²) < 4.78 is 0. The van der Waals surface area contributed by atoms with Crippen LogP contribution in [0.2, 0.25) is 0 Å². The van der Waals surface area contributed by atoms with E-state index in [0.717, 1.165) is 12.1 Å². The third kappa shape index (κ3) is 3.89. The lowest BCUT2D eigenvalue weighted by atomic mass is 10.1. The summed E-state index contributed by atoms with van der Waals surface area (Å²) in [4.78, 5) is 2.72. The van der Waals surface area contributed by atoms with Crippen LogP contribution in [0.5, 0.6) is 0 Å². The average Bonchev–Trinajstić information content (AvgIpc) is 2.28. The van der Waals surface area contributed by atoms with Crippen molar-refractivity contribution in [1.82, 2.24) is 0 Å². The molecular weight excluding hydrogens is 248 g/mol. The zero-order valence-electron chi connectivity index (χ0n) is 10.7. The molecule has 0 aliphatic rings. The molecule has 0 aliphatic heterocycles. The van der Waals surface area contributed by atoms with Crippen LogP contribution in [0.15, 0.2) is 18.2 Å². The van der Waals surface area contributed by atoms with Gasteiger partial charge in [0.2, 0.25) is 0 Å². The third-order valence-corrected chi connectivity index (χ3v) is 3.64. The van der Waals surface area contributed by atoms with E-state index < -0.39 is 0 Å². The molecule has 1 aromatic rings. The normalized spacial score (nSPS) is 10.3. The minimum absolute atomic E-state index is 0.473. The van der Waals surface area contributed by atoms with Crippen molar-refractivity contribution in [2.45, 2.75) is 13.3 Å². The minimum Gasteiger partial charge on any atom is -0.389 e. The number of hydrogen-bond acceptors (Lipinski definition) is 3. The summed E-state index contributed by atoms with van der Waals surface area (Å²) in [5.41, 5.74) is 9.15. The fourth-order valence-corrected chi connectivity index (χ4v) is 2.50. The van der Waals surface area contributed by atoms with Gasteiger partial charge in [-0.15, -0.1) is 0 Å². The maximum atomic E-state index is 5.78. The first-order valence-electron chi connectivity index (χ1n) is 5.67. The average molecular weight is 268 g/mol. The van der Waals surface area contributed by atoms with Crippen LogP contribution in [0.3, 0.4) is 0 Å². The predicted octanol–water partition coefficient (Wildman–Crippen LogP) is 2.82. The molecular formula is C13H20N2S2. The quantitative estimate of drug-likeness (QED) is 0.634. The standard InChI is InChI=1S/C13H20N2S2/c1-10-6-4-7-11(13(14)16)12(10)15(2)8-5-9-17-3/h4,6-7H,5,8-9H2,1-3H3,(H2,14,16). The number of nitrogens with two attached hydrogens (primary N) is 1. The van der Waals surface area contributed by atoms with Crippen molar-refractivity contribution in [3.63, 3.8) is 0 Å². The molecule has 0 atom stereocenters. The Bertz CT molecular complexity index is 391. The number of benzene rings is 1. The largest absolute Gasteiger partial charge is 0.389 e. The predicted molar refractivity (Wildman–Crippen MR) is 83.3 cm³/mol. The number of thioether (sulfide) groups is 1. The number of nitrogens with zero attached hydrogens (tertiary/aromatic N) is 1. The van der Waals surface area contributed by atoms with Gasteiger partial charge in [-0.1, -0.05) is 24.4 Å². The molecule has 0 spiro atoms. The van der Waals surface area contributed by atoms with Gasteiger partial charge in [0.25, 0.3) is 0 Å². The van der Waals surface area contributed by atoms with Gasteiger partial charge in [-0.3, -0.25) is 0 Å². The lowest BCUT2D eigenvalue weighted by Crippen LogP contribution is -2.24. The number of para-hydroxylation sites is 1. The van der Waals surface area contributed by atoms with Gasteiger partial charge < -0.3 is 10.6 Å². The lowest BCUT2D eigenvalue weighted by Gasteiger charge is -2.24. The van der Waals surface area contributed by atoms with E-state index >= 15 is 0 Å². The first-order chi connectivity index (χ1) is 8.07. The highest BCUT2D eigenvalue weighted by Crippen LogP contribution is 2.24. The minimum atomic E-state index is 0.473. The molecule has 0 aromatic heterocycles. The molecule has 0 radical (unpaired) electrons. The van der Waals surface area contributed by atoms with Crippen LogP contribution >= 0.6 is 24.0 Å². The first-order valence-corrected chi connectivity index (χ1v) is 7.47. The summed E-state index contributed by atoms with van der Waals surface area (Å²) in [5.74, 6) is 1.18. The Kier molecular flexibility index (Phi) is 5.78. The van der Waals surface area contributed by atoms with E-state index in [4.69, 9.17) is 18.0 Å². The highest BCUT2D eigenvalue weighted by Gasteiger charge is 2.11. The molecule has 0 bridgehead atoms. The van der Waals surface area contributed by atoms with Crippen molar-refractivity contribution >= 4 is 34.7 Å². The Labute approximate surface area is 114 Å². The number of thiocarbonyl (C=S) groups is 1. The highest BCUT2D eigenvalue weighted by molar-refractivity contribution is 7.98. The van der Waals surface area contributed by atoms with Gasteiger partial charge in [0.15, 0.2) is 0 Å². The van der Waals surface area contributed by atoms with E-state index in [0.29, 0.717) is 4.99 Å². The Morgan fingerprint density at radius 2 is 2.18 bits per heavy atom. The van der Waals surface area contributed by atoms with Crippen LogP contribution < -0.4 is 10.6 Å². The molecule has 0 saturated carbocycles. The second-order valence-corrected chi connectivity index (χ2v) is 5.53. The lowest BCUT2D eigenvalue weighted by molar-refractivity contribution is 0.856. The van der Waals surface area contributed by atoms with Gasteiger partial charge >= 0.3 is 0 Å². The van der Waals surface area contributed by atoms with Crippen LogP contribution in [0.25, 0.3) is 0 Å². The zero-order chi connectivity index (χ0) is 12.8. The Morgan fingerprint density at radius 3 is 2.76 bits per heavy atom. The summed E-state index contributed by atoms with van der Waals surface area (Å²) in [7, 11) is 2.10. The Balaban J connectivity index is 2.90. The molecule has 0 aliphatic carbocycles. The van der Waals surface area contributed by atoms with Crippen molar-refractivity contribution in [2.75, 3.05) is 30.5 Å². The van der Waals surface area contributed by atoms with Crippen molar-refractivity contribution in [2.24, 2.45) is 5.73 Å². The zero-order valence-corrected chi connectivity index (χ0v) is 12.3. The summed E-state index contributed by atoms with van der Waals surface area (Å²) in [6.07, 6.45) is 3.30. The molecule has 0 fully saturated rings. The van der Waals surface area contributed by atoms with E-state index in [1.807, 2.05) is 23.9 Å². The molecule has 0 amide bonds. The first kappa shape index (κ1) is 14.3. The van der Waals surface area contributed by atoms with Gasteiger partial charge in [-0.2, -0.15) is 11.8 Å². The van der Waals surface area contributed by atoms with E-state index in [2.05, 4.69) is 31.2 Å². The summed E-state index contributed by atoms with van der Waals surface area (Å²) in [6, 6.07) is 6.10. The number of aryl methyl sites for hydroxylation is 1. The molecule has 0 saturated heterocycles. The van der Waals surface area contributed by atoms with Crippen LogP contribution in [0.4, 0.5) is 5.69 Å². The smallest absolute Gasteiger partial charge is 0.106 e. The highest BCUT2D eigenvalue weighted by atomic mass is 32.2. The maximum Gasteiger partial charge on any atom is 0.106 e. The summed E-state index contributed by atoms with van der Waals surface area (Å²) >= 11 is 6.99. The van der Waals surface area contributed by atoms with Crippen LogP contribution in [-0.4, -0.2) is 30.6 Å². The molecule has 4 heteroatoms. The molecule has 1 rings (SSSR count). The monoisotopic (exact) mass is 268 g/mol. The molecule has 2 nitrogen and oxygen atoms in total. The van der Waals surface area contributed by atoms with E-state index in [1.54, 1.807) is 0 Å².